The minimum absolute atomic E-state index is 0.103. The molecular formula is C19H23N3O4. The van der Waals surface area contributed by atoms with E-state index in [0.717, 1.165) is 17.0 Å². The van der Waals surface area contributed by atoms with Gasteiger partial charge in [-0.25, -0.2) is 4.98 Å². The minimum atomic E-state index is -0.897. The molecule has 0 bridgehead atoms. The molecule has 1 saturated heterocycles. The van der Waals surface area contributed by atoms with E-state index in [0.29, 0.717) is 12.3 Å². The number of rotatable bonds is 5. The molecule has 2 heterocycles. The average Bonchev–Trinajstić information content (AvgIpc) is 3.21. The van der Waals surface area contributed by atoms with Crippen molar-refractivity contribution < 1.29 is 19.4 Å². The number of imidazole rings is 1. The molecule has 1 amide bonds. The monoisotopic (exact) mass is 357 g/mol. The van der Waals surface area contributed by atoms with Crippen LogP contribution in [-0.4, -0.2) is 51.6 Å². The quantitative estimate of drug-likeness (QED) is 0.883. The van der Waals surface area contributed by atoms with Crippen molar-refractivity contribution in [1.82, 2.24) is 14.5 Å². The standard InChI is InChI=1S/C19H23N3O4/c1-12-13(2)22(11-20-12)10-18(23)21-8-15(16(9-21)19(24)25)14-6-4-5-7-17(14)26-3/h4-7,11,15-16H,8-10H2,1-3H3,(H,24,25)/t15-,16+/m0/s1. The topological polar surface area (TPSA) is 84.7 Å². The van der Waals surface area contributed by atoms with Crippen molar-refractivity contribution in [3.63, 3.8) is 0 Å². The first kappa shape index (κ1) is 18.0. The van der Waals surface area contributed by atoms with E-state index >= 15 is 0 Å². The molecule has 26 heavy (non-hydrogen) atoms. The fourth-order valence-electron chi connectivity index (χ4n) is 3.49. The van der Waals surface area contributed by atoms with Crippen LogP contribution in [-0.2, 0) is 16.1 Å². The van der Waals surface area contributed by atoms with Crippen LogP contribution in [0.4, 0.5) is 0 Å². The second-order valence-corrected chi connectivity index (χ2v) is 6.64. The first-order valence-corrected chi connectivity index (χ1v) is 8.54. The molecule has 1 aromatic carbocycles. The van der Waals surface area contributed by atoms with Crippen molar-refractivity contribution in [1.29, 1.82) is 0 Å². The zero-order chi connectivity index (χ0) is 18.8. The Labute approximate surface area is 152 Å². The third-order valence-electron chi connectivity index (χ3n) is 5.18. The molecule has 0 spiro atoms. The summed E-state index contributed by atoms with van der Waals surface area (Å²) >= 11 is 0. The highest BCUT2D eigenvalue weighted by atomic mass is 16.5. The summed E-state index contributed by atoms with van der Waals surface area (Å²) in [4.78, 5) is 30.3. The lowest BCUT2D eigenvalue weighted by Crippen LogP contribution is -2.32. The summed E-state index contributed by atoms with van der Waals surface area (Å²) in [6, 6.07) is 7.39. The number of likely N-dealkylation sites (tertiary alicyclic amines) is 1. The zero-order valence-electron chi connectivity index (χ0n) is 15.2. The van der Waals surface area contributed by atoms with E-state index in [1.165, 1.54) is 0 Å². The van der Waals surface area contributed by atoms with E-state index in [1.807, 2.05) is 38.1 Å². The maximum Gasteiger partial charge on any atom is 0.308 e. The van der Waals surface area contributed by atoms with E-state index in [1.54, 1.807) is 22.9 Å². The number of benzene rings is 1. The van der Waals surface area contributed by atoms with Gasteiger partial charge in [-0.15, -0.1) is 0 Å². The van der Waals surface area contributed by atoms with E-state index in [2.05, 4.69) is 4.98 Å². The van der Waals surface area contributed by atoms with Crippen LogP contribution in [0.15, 0.2) is 30.6 Å². The number of nitrogens with zero attached hydrogens (tertiary/aromatic N) is 3. The maximum atomic E-state index is 12.7. The molecule has 0 radical (unpaired) electrons. The number of para-hydroxylation sites is 1. The summed E-state index contributed by atoms with van der Waals surface area (Å²) in [6.45, 7) is 4.53. The van der Waals surface area contributed by atoms with Crippen molar-refractivity contribution in [2.24, 2.45) is 5.92 Å². The molecule has 7 nitrogen and oxygen atoms in total. The smallest absolute Gasteiger partial charge is 0.308 e. The van der Waals surface area contributed by atoms with Gasteiger partial charge in [0, 0.05) is 24.7 Å². The minimum Gasteiger partial charge on any atom is -0.496 e. The third-order valence-corrected chi connectivity index (χ3v) is 5.18. The van der Waals surface area contributed by atoms with Crippen LogP contribution in [0.1, 0.15) is 22.9 Å². The molecule has 1 aromatic heterocycles. The van der Waals surface area contributed by atoms with Gasteiger partial charge < -0.3 is 19.3 Å². The summed E-state index contributed by atoms with van der Waals surface area (Å²) in [5.41, 5.74) is 2.65. The maximum absolute atomic E-state index is 12.7. The van der Waals surface area contributed by atoms with Gasteiger partial charge in [-0.2, -0.15) is 0 Å². The van der Waals surface area contributed by atoms with Gasteiger partial charge in [0.1, 0.15) is 12.3 Å². The van der Waals surface area contributed by atoms with Crippen LogP contribution in [0.5, 0.6) is 5.75 Å². The van der Waals surface area contributed by atoms with Crippen LogP contribution in [0.3, 0.4) is 0 Å². The molecule has 138 valence electrons. The van der Waals surface area contributed by atoms with Gasteiger partial charge >= 0.3 is 5.97 Å². The van der Waals surface area contributed by atoms with Gasteiger partial charge in [-0.3, -0.25) is 9.59 Å². The van der Waals surface area contributed by atoms with Crippen molar-refractivity contribution in [2.75, 3.05) is 20.2 Å². The second kappa shape index (κ2) is 7.19. The van der Waals surface area contributed by atoms with Gasteiger partial charge in [0.25, 0.3) is 0 Å². The lowest BCUT2D eigenvalue weighted by atomic mass is 9.88. The number of aliphatic carboxylic acids is 1. The molecule has 1 aliphatic rings. The lowest BCUT2D eigenvalue weighted by molar-refractivity contribution is -0.141. The van der Waals surface area contributed by atoms with E-state index in [4.69, 9.17) is 4.74 Å². The van der Waals surface area contributed by atoms with Crippen molar-refractivity contribution in [2.45, 2.75) is 26.3 Å². The Hall–Kier alpha value is -2.83. The summed E-state index contributed by atoms with van der Waals surface area (Å²) in [7, 11) is 1.57. The Balaban J connectivity index is 1.82. The highest BCUT2D eigenvalue weighted by Gasteiger charge is 2.41. The summed E-state index contributed by atoms with van der Waals surface area (Å²) < 4.78 is 7.18. The Morgan fingerprint density at radius 3 is 2.62 bits per heavy atom. The van der Waals surface area contributed by atoms with Gasteiger partial charge in [0.05, 0.1) is 25.0 Å². The first-order valence-electron chi connectivity index (χ1n) is 8.54. The van der Waals surface area contributed by atoms with Gasteiger partial charge in [-0.1, -0.05) is 18.2 Å². The van der Waals surface area contributed by atoms with Crippen molar-refractivity contribution >= 4 is 11.9 Å². The molecule has 1 N–H and O–H groups in total. The molecule has 7 heteroatoms. The van der Waals surface area contributed by atoms with E-state index in [-0.39, 0.29) is 24.9 Å². The van der Waals surface area contributed by atoms with Crippen molar-refractivity contribution in [3.05, 3.63) is 47.5 Å². The second-order valence-electron chi connectivity index (χ2n) is 6.64. The highest BCUT2D eigenvalue weighted by molar-refractivity contribution is 5.79. The third kappa shape index (κ3) is 3.29. The fourth-order valence-corrected chi connectivity index (χ4v) is 3.49. The lowest BCUT2D eigenvalue weighted by Gasteiger charge is -2.19. The number of hydrogen-bond acceptors (Lipinski definition) is 4. The number of carboxylic acid groups (broad SMARTS) is 1. The van der Waals surface area contributed by atoms with Crippen LogP contribution in [0, 0.1) is 19.8 Å². The average molecular weight is 357 g/mol. The molecule has 0 unspecified atom stereocenters. The molecule has 0 saturated carbocycles. The summed E-state index contributed by atoms with van der Waals surface area (Å²) in [5.74, 6) is -1.29. The number of methoxy groups -OCH3 is 1. The molecule has 3 rings (SSSR count). The molecule has 2 aromatic rings. The summed E-state index contributed by atoms with van der Waals surface area (Å²) in [5, 5.41) is 9.65. The predicted octanol–water partition coefficient (Wildman–Crippen LogP) is 1.84. The van der Waals surface area contributed by atoms with Crippen molar-refractivity contribution in [3.8, 4) is 5.75 Å². The Kier molecular flexibility index (Phi) is 4.97. The Bertz CT molecular complexity index is 830. The number of carbonyl (C=O) groups excluding carboxylic acids is 1. The molecule has 1 aliphatic heterocycles. The fraction of sp³-hybridized carbons (Fsp3) is 0.421. The van der Waals surface area contributed by atoms with E-state index < -0.39 is 11.9 Å². The van der Waals surface area contributed by atoms with Crippen LogP contribution >= 0.6 is 0 Å². The first-order chi connectivity index (χ1) is 12.4. The van der Waals surface area contributed by atoms with Crippen LogP contribution < -0.4 is 4.74 Å². The highest BCUT2D eigenvalue weighted by Crippen LogP contribution is 2.37. The van der Waals surface area contributed by atoms with Gasteiger partial charge in [0.2, 0.25) is 5.91 Å². The van der Waals surface area contributed by atoms with Gasteiger partial charge in [-0.05, 0) is 25.5 Å². The Morgan fingerprint density at radius 2 is 2.00 bits per heavy atom. The number of carbonyl (C=O) groups is 2. The van der Waals surface area contributed by atoms with Gasteiger partial charge in [0.15, 0.2) is 0 Å². The molecule has 0 aliphatic carbocycles. The van der Waals surface area contributed by atoms with Crippen LogP contribution in [0.25, 0.3) is 0 Å². The summed E-state index contributed by atoms with van der Waals surface area (Å²) in [6.07, 6.45) is 1.64. The van der Waals surface area contributed by atoms with Crippen LogP contribution in [0.2, 0.25) is 0 Å². The number of amides is 1. The predicted molar refractivity (Wildman–Crippen MR) is 95.1 cm³/mol. The normalized spacial score (nSPS) is 19.6. The SMILES string of the molecule is COc1ccccc1[C@@H]1CN(C(=O)Cn2cnc(C)c2C)C[C@H]1C(=O)O. The number of aromatic nitrogens is 2. The number of hydrogen-bond donors (Lipinski definition) is 1. The molecular weight excluding hydrogens is 334 g/mol. The number of ether oxygens (including phenoxy) is 1. The number of aryl methyl sites for hydroxylation is 1. The number of carboxylic acids is 1. The zero-order valence-corrected chi connectivity index (χ0v) is 15.2. The van der Waals surface area contributed by atoms with E-state index in [9.17, 15) is 14.7 Å². The Morgan fingerprint density at radius 1 is 1.27 bits per heavy atom. The molecule has 2 atom stereocenters. The largest absolute Gasteiger partial charge is 0.496 e. The molecule has 1 fully saturated rings.